The van der Waals surface area contributed by atoms with Gasteiger partial charge in [0, 0.05) is 18.5 Å². The van der Waals surface area contributed by atoms with Gasteiger partial charge in [-0.3, -0.25) is 4.68 Å². The standard InChI is InChI=1S/C14H25N3/c1-8(2)9-10(16-17(7)12(9)15)11-13(3,4)14(11,5)6/h8,11H,15H2,1-7H3. The Hall–Kier alpha value is -0.990. The van der Waals surface area contributed by atoms with E-state index in [1.165, 1.54) is 11.3 Å². The molecule has 96 valence electrons. The fourth-order valence-electron chi connectivity index (χ4n) is 3.26. The Morgan fingerprint density at radius 3 is 2.00 bits per heavy atom. The number of rotatable bonds is 2. The molecule has 1 aliphatic rings. The number of aryl methyl sites for hydroxylation is 1. The normalized spacial score (nSPS) is 22.1. The van der Waals surface area contributed by atoms with E-state index >= 15 is 0 Å². The van der Waals surface area contributed by atoms with Crippen molar-refractivity contribution in [3.8, 4) is 0 Å². The molecule has 0 spiro atoms. The number of hydrogen-bond donors (Lipinski definition) is 1. The summed E-state index contributed by atoms with van der Waals surface area (Å²) in [7, 11) is 1.94. The highest BCUT2D eigenvalue weighted by Gasteiger charge is 2.66. The number of hydrogen-bond acceptors (Lipinski definition) is 2. The molecule has 2 N–H and O–H groups in total. The van der Waals surface area contributed by atoms with Crippen LogP contribution in [0.25, 0.3) is 0 Å². The fourth-order valence-corrected chi connectivity index (χ4v) is 3.26. The number of nitrogens with two attached hydrogens (primary N) is 1. The molecule has 17 heavy (non-hydrogen) atoms. The summed E-state index contributed by atoms with van der Waals surface area (Å²) in [6.07, 6.45) is 0. The van der Waals surface area contributed by atoms with Crippen molar-refractivity contribution in [2.45, 2.75) is 53.4 Å². The highest BCUT2D eigenvalue weighted by Crippen LogP contribution is 2.74. The molecular weight excluding hydrogens is 210 g/mol. The maximum absolute atomic E-state index is 6.15. The zero-order chi connectivity index (χ0) is 13.2. The zero-order valence-electron chi connectivity index (χ0n) is 12.1. The van der Waals surface area contributed by atoms with E-state index in [1.807, 2.05) is 11.7 Å². The third kappa shape index (κ3) is 1.44. The minimum absolute atomic E-state index is 0.317. The topological polar surface area (TPSA) is 43.8 Å². The van der Waals surface area contributed by atoms with Crippen LogP contribution in [0.5, 0.6) is 0 Å². The van der Waals surface area contributed by atoms with Crippen LogP contribution in [0.2, 0.25) is 0 Å². The highest BCUT2D eigenvalue weighted by molar-refractivity contribution is 5.50. The summed E-state index contributed by atoms with van der Waals surface area (Å²) in [5.41, 5.74) is 9.25. The predicted octanol–water partition coefficient (Wildman–Crippen LogP) is 3.28. The summed E-state index contributed by atoms with van der Waals surface area (Å²) in [5, 5.41) is 4.68. The second kappa shape index (κ2) is 3.27. The molecule has 1 aliphatic carbocycles. The first-order valence-electron chi connectivity index (χ1n) is 6.44. The monoisotopic (exact) mass is 235 g/mol. The second-order valence-corrected chi connectivity index (χ2v) is 6.84. The van der Waals surface area contributed by atoms with Gasteiger partial charge in [-0.05, 0) is 16.7 Å². The van der Waals surface area contributed by atoms with Crippen molar-refractivity contribution in [3.05, 3.63) is 11.3 Å². The Morgan fingerprint density at radius 1 is 1.18 bits per heavy atom. The summed E-state index contributed by atoms with van der Waals surface area (Å²) >= 11 is 0. The van der Waals surface area contributed by atoms with Gasteiger partial charge in [0.2, 0.25) is 0 Å². The molecule has 1 aromatic heterocycles. The van der Waals surface area contributed by atoms with E-state index in [-0.39, 0.29) is 0 Å². The smallest absolute Gasteiger partial charge is 0.125 e. The predicted molar refractivity (Wildman–Crippen MR) is 72.0 cm³/mol. The first kappa shape index (κ1) is 12.5. The van der Waals surface area contributed by atoms with E-state index in [9.17, 15) is 0 Å². The number of nitrogens with zero attached hydrogens (tertiary/aromatic N) is 2. The largest absolute Gasteiger partial charge is 0.384 e. The van der Waals surface area contributed by atoms with Gasteiger partial charge in [-0.15, -0.1) is 0 Å². The Labute approximate surface area is 104 Å². The summed E-state index contributed by atoms with van der Waals surface area (Å²) in [6.45, 7) is 13.7. The Bertz CT molecular complexity index is 438. The minimum Gasteiger partial charge on any atom is -0.384 e. The van der Waals surface area contributed by atoms with Crippen LogP contribution in [0.15, 0.2) is 0 Å². The van der Waals surface area contributed by atoms with Crippen molar-refractivity contribution in [1.82, 2.24) is 9.78 Å². The first-order chi connectivity index (χ1) is 7.62. The molecule has 1 aromatic rings. The van der Waals surface area contributed by atoms with Gasteiger partial charge in [-0.2, -0.15) is 5.10 Å². The minimum atomic E-state index is 0.317. The Kier molecular flexibility index (Phi) is 2.40. The molecule has 0 bridgehead atoms. The molecule has 0 radical (unpaired) electrons. The molecular formula is C14H25N3. The van der Waals surface area contributed by atoms with Crippen molar-refractivity contribution in [2.24, 2.45) is 17.9 Å². The molecule has 0 unspecified atom stereocenters. The van der Waals surface area contributed by atoms with Crippen molar-refractivity contribution in [1.29, 1.82) is 0 Å². The third-order valence-electron chi connectivity index (χ3n) is 5.03. The fraction of sp³-hybridized carbons (Fsp3) is 0.786. The Balaban J connectivity index is 2.52. The van der Waals surface area contributed by atoms with Crippen molar-refractivity contribution in [3.63, 3.8) is 0 Å². The van der Waals surface area contributed by atoms with Crippen molar-refractivity contribution in [2.75, 3.05) is 5.73 Å². The number of aromatic nitrogens is 2. The second-order valence-electron chi connectivity index (χ2n) is 6.84. The average Bonchev–Trinajstić information content (AvgIpc) is 2.42. The van der Waals surface area contributed by atoms with Crippen molar-refractivity contribution >= 4 is 5.82 Å². The van der Waals surface area contributed by atoms with Gasteiger partial charge in [0.15, 0.2) is 0 Å². The van der Waals surface area contributed by atoms with Crippen LogP contribution < -0.4 is 5.73 Å². The van der Waals surface area contributed by atoms with Gasteiger partial charge in [0.05, 0.1) is 5.69 Å². The van der Waals surface area contributed by atoms with E-state index in [4.69, 9.17) is 5.73 Å². The van der Waals surface area contributed by atoms with Crippen LogP contribution in [0.1, 0.15) is 64.6 Å². The van der Waals surface area contributed by atoms with Crippen LogP contribution in [-0.2, 0) is 7.05 Å². The van der Waals surface area contributed by atoms with Gasteiger partial charge in [-0.1, -0.05) is 41.5 Å². The van der Waals surface area contributed by atoms with Crippen LogP contribution in [0, 0.1) is 10.8 Å². The molecule has 0 atom stereocenters. The van der Waals surface area contributed by atoms with Crippen LogP contribution >= 0.6 is 0 Å². The summed E-state index contributed by atoms with van der Waals surface area (Å²) in [5.74, 6) is 1.79. The maximum Gasteiger partial charge on any atom is 0.125 e. The quantitative estimate of drug-likeness (QED) is 0.855. The van der Waals surface area contributed by atoms with E-state index < -0.39 is 0 Å². The highest BCUT2D eigenvalue weighted by atomic mass is 15.3. The van der Waals surface area contributed by atoms with Gasteiger partial charge in [-0.25, -0.2) is 0 Å². The molecule has 0 saturated heterocycles. The van der Waals surface area contributed by atoms with E-state index in [2.05, 4.69) is 46.6 Å². The van der Waals surface area contributed by atoms with E-state index in [0.29, 0.717) is 22.7 Å². The van der Waals surface area contributed by atoms with Crippen molar-refractivity contribution < 1.29 is 0 Å². The number of anilines is 1. The van der Waals surface area contributed by atoms with Crippen LogP contribution in [0.3, 0.4) is 0 Å². The first-order valence-corrected chi connectivity index (χ1v) is 6.44. The lowest BCUT2D eigenvalue weighted by molar-refractivity contribution is 0.457. The lowest BCUT2D eigenvalue weighted by Gasteiger charge is -2.08. The molecule has 1 heterocycles. The van der Waals surface area contributed by atoms with E-state index in [0.717, 1.165) is 5.82 Å². The summed E-state index contributed by atoms with van der Waals surface area (Å²) in [6, 6.07) is 0. The zero-order valence-corrected chi connectivity index (χ0v) is 12.1. The SMILES string of the molecule is CC(C)c1c(C2C(C)(C)C2(C)C)nn(C)c1N. The summed E-state index contributed by atoms with van der Waals surface area (Å²) in [4.78, 5) is 0. The molecule has 2 rings (SSSR count). The van der Waals surface area contributed by atoms with Gasteiger partial charge >= 0.3 is 0 Å². The molecule has 3 nitrogen and oxygen atoms in total. The molecule has 3 heteroatoms. The molecule has 0 aliphatic heterocycles. The molecule has 1 fully saturated rings. The van der Waals surface area contributed by atoms with Gasteiger partial charge in [0.25, 0.3) is 0 Å². The summed E-state index contributed by atoms with van der Waals surface area (Å²) < 4.78 is 1.83. The molecule has 1 saturated carbocycles. The average molecular weight is 235 g/mol. The Morgan fingerprint density at radius 2 is 1.65 bits per heavy atom. The van der Waals surface area contributed by atoms with Crippen LogP contribution in [0.4, 0.5) is 5.82 Å². The van der Waals surface area contributed by atoms with E-state index in [1.54, 1.807) is 0 Å². The molecule has 0 aromatic carbocycles. The van der Waals surface area contributed by atoms with Crippen LogP contribution in [-0.4, -0.2) is 9.78 Å². The third-order valence-corrected chi connectivity index (χ3v) is 5.03. The van der Waals surface area contributed by atoms with Gasteiger partial charge in [0.1, 0.15) is 5.82 Å². The molecule has 0 amide bonds. The lowest BCUT2D eigenvalue weighted by Crippen LogP contribution is -2.00. The van der Waals surface area contributed by atoms with Gasteiger partial charge < -0.3 is 5.73 Å². The number of nitrogen functional groups attached to an aromatic ring is 1. The maximum atomic E-state index is 6.15. The lowest BCUT2D eigenvalue weighted by atomic mass is 9.97.